The van der Waals surface area contributed by atoms with E-state index in [1.54, 1.807) is 19.9 Å². The van der Waals surface area contributed by atoms with Crippen molar-refractivity contribution in [1.82, 2.24) is 28.6 Å². The molecule has 4 heterocycles. The summed E-state index contributed by atoms with van der Waals surface area (Å²) in [5, 5.41) is 6.06. The number of hydrogen-bond donors (Lipinski definition) is 0. The maximum atomic E-state index is 12.9. The lowest BCUT2D eigenvalue weighted by atomic mass is 10.2. The molecule has 2 fully saturated rings. The molecule has 11 heteroatoms. The summed E-state index contributed by atoms with van der Waals surface area (Å²) in [5.74, 6) is 1.17. The van der Waals surface area contributed by atoms with Crippen molar-refractivity contribution in [3.63, 3.8) is 0 Å². The second kappa shape index (κ2) is 8.17. The van der Waals surface area contributed by atoms with E-state index in [9.17, 15) is 8.42 Å². The maximum Gasteiger partial charge on any atom is 0.282 e. The van der Waals surface area contributed by atoms with Gasteiger partial charge in [-0.05, 0) is 25.4 Å². The highest BCUT2D eigenvalue weighted by Crippen LogP contribution is 2.26. The molecule has 154 valence electrons. The molecule has 9 nitrogen and oxygen atoms in total. The smallest absolute Gasteiger partial charge is 0.282 e. The minimum Gasteiger partial charge on any atom is -0.337 e. The van der Waals surface area contributed by atoms with Crippen LogP contribution in [0, 0.1) is 0 Å². The summed E-state index contributed by atoms with van der Waals surface area (Å²) in [5.41, 5.74) is 0. The number of piperazine rings is 2. The Morgan fingerprint density at radius 3 is 2.32 bits per heavy atom. The Labute approximate surface area is 169 Å². The fraction of sp³-hybridized carbons (Fsp3) is 0.647. The van der Waals surface area contributed by atoms with Crippen molar-refractivity contribution in [2.45, 2.75) is 13.0 Å². The molecule has 1 atom stereocenters. The first-order valence-electron chi connectivity index (χ1n) is 9.50. The number of aromatic nitrogens is 2. The van der Waals surface area contributed by atoms with E-state index in [-0.39, 0.29) is 6.04 Å². The summed E-state index contributed by atoms with van der Waals surface area (Å²) >= 11 is 1.57. The van der Waals surface area contributed by atoms with E-state index in [0.29, 0.717) is 51.0 Å². The second-order valence-electron chi connectivity index (χ2n) is 7.25. The van der Waals surface area contributed by atoms with Gasteiger partial charge in [0.05, 0.1) is 10.9 Å². The average molecular weight is 427 g/mol. The molecular weight excluding hydrogens is 400 g/mol. The number of likely N-dealkylation sites (N-methyl/N-ethyl adjacent to an activating group) is 1. The standard InChI is InChI=1S/C17H26N6O3S2/c1-14(17-18-16(19-26-17)15-4-3-13-27-15)21-7-11-23(12-8-21)28(24,25)22-9-5-20(2)6-10-22/h3-4,13-14H,5-12H2,1-2H3. The highest BCUT2D eigenvalue weighted by atomic mass is 32.2. The molecule has 0 spiro atoms. The third-order valence-electron chi connectivity index (χ3n) is 5.48. The van der Waals surface area contributed by atoms with Crippen LogP contribution >= 0.6 is 11.3 Å². The molecule has 28 heavy (non-hydrogen) atoms. The van der Waals surface area contributed by atoms with Crippen molar-refractivity contribution in [3.8, 4) is 10.7 Å². The van der Waals surface area contributed by atoms with Crippen LogP contribution in [0.3, 0.4) is 0 Å². The highest BCUT2D eigenvalue weighted by Gasteiger charge is 2.35. The second-order valence-corrected chi connectivity index (χ2v) is 10.1. The zero-order valence-corrected chi connectivity index (χ0v) is 17.8. The molecule has 2 aromatic heterocycles. The Balaban J connectivity index is 1.36. The summed E-state index contributed by atoms with van der Waals surface area (Å²) in [7, 11) is -1.37. The van der Waals surface area contributed by atoms with E-state index in [1.807, 2.05) is 31.5 Å². The molecule has 1 unspecified atom stereocenters. The molecule has 0 N–H and O–H groups in total. The van der Waals surface area contributed by atoms with Crippen LogP contribution in [0.2, 0.25) is 0 Å². The van der Waals surface area contributed by atoms with Gasteiger partial charge in [-0.15, -0.1) is 11.3 Å². The lowest BCUT2D eigenvalue weighted by Crippen LogP contribution is -2.56. The molecule has 2 saturated heterocycles. The van der Waals surface area contributed by atoms with E-state index >= 15 is 0 Å². The van der Waals surface area contributed by atoms with Gasteiger partial charge in [0.2, 0.25) is 11.7 Å². The van der Waals surface area contributed by atoms with Crippen molar-refractivity contribution < 1.29 is 12.9 Å². The first kappa shape index (κ1) is 19.9. The van der Waals surface area contributed by atoms with Crippen molar-refractivity contribution in [2.75, 3.05) is 59.4 Å². The highest BCUT2D eigenvalue weighted by molar-refractivity contribution is 7.86. The summed E-state index contributed by atoms with van der Waals surface area (Å²) < 4.78 is 34.5. The van der Waals surface area contributed by atoms with E-state index in [4.69, 9.17) is 4.52 Å². The predicted octanol–water partition coefficient (Wildman–Crippen LogP) is 0.969. The van der Waals surface area contributed by atoms with Crippen LogP contribution in [0.4, 0.5) is 0 Å². The summed E-state index contributed by atoms with van der Waals surface area (Å²) in [4.78, 5) is 9.85. The van der Waals surface area contributed by atoms with Crippen molar-refractivity contribution in [2.24, 2.45) is 0 Å². The average Bonchev–Trinajstić information content (AvgIpc) is 3.39. The van der Waals surface area contributed by atoms with E-state index in [1.165, 1.54) is 0 Å². The van der Waals surface area contributed by atoms with Gasteiger partial charge < -0.3 is 9.42 Å². The molecule has 0 saturated carbocycles. The fourth-order valence-electron chi connectivity index (χ4n) is 3.57. The van der Waals surface area contributed by atoms with E-state index in [0.717, 1.165) is 18.0 Å². The number of hydrogen-bond acceptors (Lipinski definition) is 8. The Morgan fingerprint density at radius 2 is 1.71 bits per heavy atom. The molecule has 0 amide bonds. The number of rotatable bonds is 5. The number of nitrogens with zero attached hydrogens (tertiary/aromatic N) is 6. The molecule has 0 bridgehead atoms. The van der Waals surface area contributed by atoms with E-state index in [2.05, 4.69) is 19.9 Å². The molecule has 2 aromatic rings. The zero-order valence-electron chi connectivity index (χ0n) is 16.2. The fourth-order valence-corrected chi connectivity index (χ4v) is 5.80. The van der Waals surface area contributed by atoms with Crippen LogP contribution in [-0.2, 0) is 10.2 Å². The summed E-state index contributed by atoms with van der Waals surface area (Å²) in [6, 6.07) is 3.88. The van der Waals surface area contributed by atoms with Crippen LogP contribution in [0.1, 0.15) is 18.9 Å². The minimum atomic E-state index is -3.38. The largest absolute Gasteiger partial charge is 0.337 e. The van der Waals surface area contributed by atoms with Crippen LogP contribution < -0.4 is 0 Å². The molecule has 0 radical (unpaired) electrons. The van der Waals surface area contributed by atoms with Gasteiger partial charge >= 0.3 is 0 Å². The van der Waals surface area contributed by atoms with Crippen molar-refractivity contribution >= 4 is 21.5 Å². The Kier molecular flexibility index (Phi) is 5.81. The summed E-state index contributed by atoms with van der Waals surface area (Å²) in [6.45, 7) is 6.94. The molecule has 2 aliphatic rings. The first-order valence-corrected chi connectivity index (χ1v) is 11.8. The maximum absolute atomic E-state index is 12.9. The van der Waals surface area contributed by atoms with Gasteiger partial charge in [0.25, 0.3) is 10.2 Å². The molecule has 0 aliphatic carbocycles. The van der Waals surface area contributed by atoms with Crippen molar-refractivity contribution in [3.05, 3.63) is 23.4 Å². The predicted molar refractivity (Wildman–Crippen MR) is 107 cm³/mol. The van der Waals surface area contributed by atoms with Gasteiger partial charge in [-0.1, -0.05) is 11.2 Å². The minimum absolute atomic E-state index is 0.0466. The lowest BCUT2D eigenvalue weighted by molar-refractivity contribution is 0.118. The van der Waals surface area contributed by atoms with Crippen LogP contribution in [-0.4, -0.2) is 96.4 Å². The van der Waals surface area contributed by atoms with Gasteiger partial charge in [0, 0.05) is 52.4 Å². The third kappa shape index (κ3) is 4.00. The molecular formula is C17H26N6O3S2. The van der Waals surface area contributed by atoms with Crippen LogP contribution in [0.25, 0.3) is 10.7 Å². The van der Waals surface area contributed by atoms with Gasteiger partial charge in [-0.2, -0.15) is 22.0 Å². The first-order chi connectivity index (χ1) is 13.4. The monoisotopic (exact) mass is 426 g/mol. The third-order valence-corrected chi connectivity index (χ3v) is 8.38. The van der Waals surface area contributed by atoms with Crippen molar-refractivity contribution in [1.29, 1.82) is 0 Å². The van der Waals surface area contributed by atoms with Crippen LogP contribution in [0.15, 0.2) is 22.0 Å². The Bertz CT molecular complexity index is 869. The Morgan fingerprint density at radius 1 is 1.07 bits per heavy atom. The molecule has 0 aromatic carbocycles. The van der Waals surface area contributed by atoms with E-state index < -0.39 is 10.2 Å². The zero-order chi connectivity index (χ0) is 19.7. The quantitative estimate of drug-likeness (QED) is 0.704. The topological polar surface area (TPSA) is 86.0 Å². The molecule has 2 aliphatic heterocycles. The Hall–Kier alpha value is -1.37. The van der Waals surface area contributed by atoms with Gasteiger partial charge in [0.1, 0.15) is 0 Å². The molecule has 4 rings (SSSR count). The lowest BCUT2D eigenvalue weighted by Gasteiger charge is -2.40. The number of thiophene rings is 1. The van der Waals surface area contributed by atoms with Gasteiger partial charge in [0.15, 0.2) is 0 Å². The van der Waals surface area contributed by atoms with Gasteiger partial charge in [-0.3, -0.25) is 4.90 Å². The SMILES string of the molecule is CC(c1nc(-c2cccs2)no1)N1CCN(S(=O)(=O)N2CCN(C)CC2)CC1. The van der Waals surface area contributed by atoms with Gasteiger partial charge in [-0.25, -0.2) is 0 Å². The normalized spacial score (nSPS) is 22.5. The summed E-state index contributed by atoms with van der Waals surface area (Å²) in [6.07, 6.45) is 0. The van der Waals surface area contributed by atoms with Crippen LogP contribution in [0.5, 0.6) is 0 Å².